The number of rotatable bonds is 7. The van der Waals surface area contributed by atoms with Gasteiger partial charge in [-0.3, -0.25) is 4.79 Å². The van der Waals surface area contributed by atoms with Crippen LogP contribution in [0, 0.1) is 0 Å². The molecule has 0 fully saturated rings. The molecular formula is C30H32N2O7S. The Morgan fingerprint density at radius 1 is 1.07 bits per heavy atom. The van der Waals surface area contributed by atoms with Crippen molar-refractivity contribution in [3.63, 3.8) is 0 Å². The Morgan fingerprint density at radius 3 is 2.35 bits per heavy atom. The van der Waals surface area contributed by atoms with Crippen LogP contribution in [0.15, 0.2) is 89.1 Å². The maximum atomic E-state index is 13.5. The molecule has 0 spiro atoms. The lowest BCUT2D eigenvalue weighted by atomic mass is 9.91. The molecule has 3 aromatic rings. The average molecular weight is 565 g/mol. The van der Waals surface area contributed by atoms with Gasteiger partial charge >= 0.3 is 6.09 Å². The van der Waals surface area contributed by atoms with Crippen molar-refractivity contribution in [1.29, 1.82) is 0 Å². The fourth-order valence-corrected chi connectivity index (χ4v) is 5.01. The number of primary sulfonamides is 1. The second-order valence-corrected chi connectivity index (χ2v) is 11.8. The first kappa shape index (κ1) is 29.0. The van der Waals surface area contributed by atoms with E-state index in [9.17, 15) is 18.0 Å². The van der Waals surface area contributed by atoms with E-state index >= 15 is 0 Å². The van der Waals surface area contributed by atoms with Gasteiger partial charge in [0.15, 0.2) is 5.76 Å². The number of hydrogen-bond acceptors (Lipinski definition) is 7. The quantitative estimate of drug-likeness (QED) is 0.439. The fourth-order valence-electron chi connectivity index (χ4n) is 4.49. The van der Waals surface area contributed by atoms with Gasteiger partial charge in [-0.05, 0) is 68.7 Å². The molecule has 2 N–H and O–H groups in total. The van der Waals surface area contributed by atoms with Gasteiger partial charge in [-0.2, -0.15) is 0 Å². The lowest BCUT2D eigenvalue weighted by Gasteiger charge is -2.25. The predicted octanol–water partition coefficient (Wildman–Crippen LogP) is 4.75. The number of para-hydroxylation sites is 1. The highest BCUT2D eigenvalue weighted by Crippen LogP contribution is 2.35. The van der Waals surface area contributed by atoms with Crippen molar-refractivity contribution in [1.82, 2.24) is 4.57 Å². The summed E-state index contributed by atoms with van der Waals surface area (Å²) in [6.07, 6.45) is 4.34. The number of nitrogens with zero attached hydrogens (tertiary/aromatic N) is 1. The minimum absolute atomic E-state index is 0.0301. The summed E-state index contributed by atoms with van der Waals surface area (Å²) in [7, 11) is -0.937. The second kappa shape index (κ2) is 11.2. The first-order valence-electron chi connectivity index (χ1n) is 12.5. The van der Waals surface area contributed by atoms with Crippen molar-refractivity contribution >= 4 is 38.4 Å². The van der Waals surface area contributed by atoms with Crippen molar-refractivity contribution in [3.8, 4) is 0 Å². The van der Waals surface area contributed by atoms with Crippen molar-refractivity contribution in [2.75, 3.05) is 14.2 Å². The molecule has 0 amide bonds. The third-order valence-electron chi connectivity index (χ3n) is 6.24. The van der Waals surface area contributed by atoms with Crippen LogP contribution in [0.2, 0.25) is 0 Å². The second-order valence-electron chi connectivity index (χ2n) is 10.3. The molecule has 210 valence electrons. The predicted molar refractivity (Wildman–Crippen MR) is 152 cm³/mol. The van der Waals surface area contributed by atoms with E-state index in [-0.39, 0.29) is 16.4 Å². The standard InChI is InChI=1S/C30H32N2O7S/c1-30(2,3)39-29(34)32-24-12-7-6-10-20(24)18-25(32)23-17-21(27(37-4)26(33)28(23)38-5)11-8-9-19-13-15-22(16-14-19)40(31,35)36/h6-8,10-18,27H,9H2,1-5H3,(H2,31,35,36)/b11-8+. The first-order chi connectivity index (χ1) is 18.8. The molecule has 4 rings (SSSR count). The molecule has 2 aromatic carbocycles. The molecule has 1 atom stereocenters. The maximum Gasteiger partial charge on any atom is 0.419 e. The molecule has 0 saturated heterocycles. The molecule has 10 heteroatoms. The van der Waals surface area contributed by atoms with Gasteiger partial charge in [0, 0.05) is 18.1 Å². The van der Waals surface area contributed by atoms with Crippen LogP contribution in [0.1, 0.15) is 32.0 Å². The Labute approximate surface area is 233 Å². The summed E-state index contributed by atoms with van der Waals surface area (Å²) < 4.78 is 41.3. The zero-order valence-electron chi connectivity index (χ0n) is 23.0. The summed E-state index contributed by atoms with van der Waals surface area (Å²) in [6.45, 7) is 5.36. The van der Waals surface area contributed by atoms with Crippen molar-refractivity contribution in [2.24, 2.45) is 5.14 Å². The number of hydrogen-bond donors (Lipinski definition) is 1. The number of ketones is 1. The number of carbonyl (C=O) groups excluding carboxylic acids is 2. The van der Waals surface area contributed by atoms with E-state index in [0.717, 1.165) is 10.9 Å². The number of allylic oxidation sites excluding steroid dienone is 3. The van der Waals surface area contributed by atoms with Gasteiger partial charge < -0.3 is 14.2 Å². The number of carbonyl (C=O) groups is 2. The Bertz CT molecular complexity index is 1650. The number of benzene rings is 2. The van der Waals surface area contributed by atoms with Crippen LogP contribution in [-0.4, -0.2) is 50.8 Å². The highest BCUT2D eigenvalue weighted by atomic mass is 32.2. The molecule has 1 unspecified atom stereocenters. The van der Waals surface area contributed by atoms with Crippen LogP contribution in [0.3, 0.4) is 0 Å². The third kappa shape index (κ3) is 6.09. The Balaban J connectivity index is 1.78. The van der Waals surface area contributed by atoms with E-state index in [4.69, 9.17) is 19.3 Å². The van der Waals surface area contributed by atoms with Crippen molar-refractivity contribution in [2.45, 2.75) is 43.8 Å². The number of methoxy groups -OCH3 is 2. The van der Waals surface area contributed by atoms with Gasteiger partial charge in [0.05, 0.1) is 23.2 Å². The third-order valence-corrected chi connectivity index (χ3v) is 7.17. The molecule has 0 bridgehead atoms. The maximum absolute atomic E-state index is 13.5. The zero-order chi connectivity index (χ0) is 29.2. The lowest BCUT2D eigenvalue weighted by Crippen LogP contribution is -2.31. The van der Waals surface area contributed by atoms with E-state index in [1.54, 1.807) is 45.1 Å². The topological polar surface area (TPSA) is 127 Å². The summed E-state index contributed by atoms with van der Waals surface area (Å²) >= 11 is 0. The SMILES string of the molecule is COC1=C(c2cc3ccccc3n2C(=O)OC(C)(C)C)C=C(/C=C/Cc2ccc(S(N)(=O)=O)cc2)C(OC)C1=O. The minimum Gasteiger partial charge on any atom is -0.492 e. The van der Waals surface area contributed by atoms with Crippen molar-refractivity contribution in [3.05, 3.63) is 95.4 Å². The first-order valence-corrected chi connectivity index (χ1v) is 14.1. The summed E-state index contributed by atoms with van der Waals surface area (Å²) in [5, 5.41) is 5.97. The normalized spacial score (nSPS) is 16.5. The molecule has 1 aliphatic carbocycles. The highest BCUT2D eigenvalue weighted by Gasteiger charge is 2.34. The van der Waals surface area contributed by atoms with E-state index < -0.39 is 27.8 Å². The molecule has 1 aliphatic rings. The summed E-state index contributed by atoms with van der Waals surface area (Å²) in [4.78, 5) is 26.9. The Hall–Kier alpha value is -3.99. The summed E-state index contributed by atoms with van der Waals surface area (Å²) in [6, 6.07) is 15.4. The smallest absolute Gasteiger partial charge is 0.419 e. The van der Waals surface area contributed by atoms with Gasteiger partial charge in [-0.1, -0.05) is 42.5 Å². The number of sulfonamides is 1. The number of fused-ring (bicyclic) bond motifs is 1. The van der Waals surface area contributed by atoms with Gasteiger partial charge in [-0.25, -0.2) is 22.9 Å². The molecule has 0 radical (unpaired) electrons. The number of nitrogens with two attached hydrogens (primary N) is 1. The van der Waals surface area contributed by atoms with Crippen LogP contribution in [0.4, 0.5) is 4.79 Å². The van der Waals surface area contributed by atoms with E-state index in [1.165, 1.54) is 30.9 Å². The summed E-state index contributed by atoms with van der Waals surface area (Å²) in [5.74, 6) is -0.323. The molecule has 0 aliphatic heterocycles. The number of Topliss-reactive ketones (excluding diaryl/α,β-unsaturated/α-hetero) is 1. The lowest BCUT2D eigenvalue weighted by molar-refractivity contribution is -0.126. The largest absolute Gasteiger partial charge is 0.492 e. The van der Waals surface area contributed by atoms with Crippen LogP contribution >= 0.6 is 0 Å². The Morgan fingerprint density at radius 2 is 1.75 bits per heavy atom. The van der Waals surface area contributed by atoms with Crippen LogP contribution in [0.5, 0.6) is 0 Å². The molecule has 1 heterocycles. The average Bonchev–Trinajstić information content (AvgIpc) is 3.27. The number of aromatic nitrogens is 1. The van der Waals surface area contributed by atoms with Crippen LogP contribution < -0.4 is 5.14 Å². The molecule has 0 saturated carbocycles. The van der Waals surface area contributed by atoms with E-state index in [0.29, 0.717) is 28.8 Å². The minimum atomic E-state index is -3.78. The van der Waals surface area contributed by atoms with E-state index in [2.05, 4.69) is 0 Å². The fraction of sp³-hybridized carbons (Fsp3) is 0.267. The van der Waals surface area contributed by atoms with Crippen molar-refractivity contribution < 1.29 is 32.2 Å². The van der Waals surface area contributed by atoms with Crippen LogP contribution in [-0.2, 0) is 35.4 Å². The molecule has 9 nitrogen and oxygen atoms in total. The summed E-state index contributed by atoms with van der Waals surface area (Å²) in [5.41, 5.74) is 2.16. The zero-order valence-corrected chi connectivity index (χ0v) is 23.8. The molecular weight excluding hydrogens is 532 g/mol. The highest BCUT2D eigenvalue weighted by molar-refractivity contribution is 7.89. The van der Waals surface area contributed by atoms with Gasteiger partial charge in [0.2, 0.25) is 15.8 Å². The Kier molecular flexibility index (Phi) is 8.15. The van der Waals surface area contributed by atoms with E-state index in [1.807, 2.05) is 36.4 Å². The van der Waals surface area contributed by atoms with Gasteiger partial charge in [-0.15, -0.1) is 0 Å². The molecule has 1 aromatic heterocycles. The number of ether oxygens (including phenoxy) is 3. The molecule has 40 heavy (non-hydrogen) atoms. The van der Waals surface area contributed by atoms with Crippen LogP contribution in [0.25, 0.3) is 16.5 Å². The monoisotopic (exact) mass is 564 g/mol. The van der Waals surface area contributed by atoms with Gasteiger partial charge in [0.1, 0.15) is 11.7 Å². The van der Waals surface area contributed by atoms with Gasteiger partial charge in [0.25, 0.3) is 0 Å².